The highest BCUT2D eigenvalue weighted by Gasteiger charge is 2.21. The molecule has 0 unspecified atom stereocenters. The molecule has 20 heavy (non-hydrogen) atoms. The number of methoxy groups -OCH3 is 2. The predicted molar refractivity (Wildman–Crippen MR) is 68.0 cm³/mol. The van der Waals surface area contributed by atoms with E-state index in [9.17, 15) is 4.79 Å². The van der Waals surface area contributed by atoms with Crippen LogP contribution in [0.15, 0.2) is 18.3 Å². The van der Waals surface area contributed by atoms with Gasteiger partial charge in [-0.25, -0.2) is 9.78 Å². The summed E-state index contributed by atoms with van der Waals surface area (Å²) in [7, 11) is 2.86. The number of carbonyl (C=O) groups excluding carboxylic acids is 1. The van der Waals surface area contributed by atoms with Crippen molar-refractivity contribution in [1.82, 2.24) is 9.97 Å². The molecule has 7 heteroatoms. The van der Waals surface area contributed by atoms with E-state index in [0.29, 0.717) is 23.1 Å². The topological polar surface area (TPSA) is 82.7 Å². The van der Waals surface area contributed by atoms with Crippen LogP contribution in [0.1, 0.15) is 10.5 Å². The van der Waals surface area contributed by atoms with Crippen molar-refractivity contribution in [1.29, 1.82) is 0 Å². The van der Waals surface area contributed by atoms with Crippen LogP contribution in [0.3, 0.4) is 0 Å². The molecule has 2 aromatic rings. The number of nitrogens with one attached hydrogen (secondary N) is 1. The number of hydrogen-bond acceptors (Lipinski definition) is 6. The summed E-state index contributed by atoms with van der Waals surface area (Å²) in [5.41, 5.74) is 1.00. The lowest BCUT2D eigenvalue weighted by Crippen LogP contribution is -2.00. The zero-order chi connectivity index (χ0) is 14.1. The van der Waals surface area contributed by atoms with E-state index in [1.807, 2.05) is 0 Å². The van der Waals surface area contributed by atoms with Crippen LogP contribution in [0, 0.1) is 0 Å². The average Bonchev–Trinajstić information content (AvgIpc) is 3.13. The molecule has 0 saturated carbocycles. The molecule has 1 aromatic carbocycles. The Morgan fingerprint density at radius 2 is 2.20 bits per heavy atom. The monoisotopic (exact) mass is 276 g/mol. The van der Waals surface area contributed by atoms with Crippen molar-refractivity contribution in [3.05, 3.63) is 24.0 Å². The highest BCUT2D eigenvalue weighted by Crippen LogP contribution is 2.43. The van der Waals surface area contributed by atoms with Crippen molar-refractivity contribution in [2.45, 2.75) is 0 Å². The Balaban J connectivity index is 2.02. The highest BCUT2D eigenvalue weighted by molar-refractivity contribution is 5.87. The van der Waals surface area contributed by atoms with Crippen LogP contribution < -0.4 is 14.2 Å². The Bertz CT molecular complexity index is 665. The number of benzene rings is 1. The van der Waals surface area contributed by atoms with Crippen molar-refractivity contribution in [3.8, 4) is 28.6 Å². The van der Waals surface area contributed by atoms with Gasteiger partial charge in [-0.1, -0.05) is 0 Å². The van der Waals surface area contributed by atoms with Crippen LogP contribution in [-0.4, -0.2) is 36.9 Å². The minimum Gasteiger partial charge on any atom is -0.493 e. The molecule has 0 radical (unpaired) electrons. The van der Waals surface area contributed by atoms with Gasteiger partial charge in [-0.15, -0.1) is 0 Å². The number of H-pyrrole nitrogens is 1. The number of esters is 1. The molecule has 0 fully saturated rings. The number of aromatic nitrogens is 2. The molecule has 1 aromatic heterocycles. The van der Waals surface area contributed by atoms with Crippen molar-refractivity contribution in [3.63, 3.8) is 0 Å². The largest absolute Gasteiger partial charge is 0.493 e. The summed E-state index contributed by atoms with van der Waals surface area (Å²) in [6.07, 6.45) is 1.41. The summed E-state index contributed by atoms with van der Waals surface area (Å²) in [5.74, 6) is 1.73. The molecule has 0 aliphatic carbocycles. The zero-order valence-electron chi connectivity index (χ0n) is 10.9. The molecule has 1 aliphatic heterocycles. The number of ether oxygens (including phenoxy) is 4. The second-order valence-electron chi connectivity index (χ2n) is 4.05. The van der Waals surface area contributed by atoms with Gasteiger partial charge in [-0.05, 0) is 12.1 Å². The molecule has 0 atom stereocenters. The Morgan fingerprint density at radius 1 is 1.35 bits per heavy atom. The first-order valence-electron chi connectivity index (χ1n) is 5.84. The fraction of sp³-hybridized carbons (Fsp3) is 0.231. The smallest absolute Gasteiger partial charge is 0.356 e. The van der Waals surface area contributed by atoms with Gasteiger partial charge >= 0.3 is 5.97 Å². The van der Waals surface area contributed by atoms with Crippen LogP contribution in [0.25, 0.3) is 11.4 Å². The molecular weight excluding hydrogens is 264 g/mol. The first kappa shape index (κ1) is 12.3. The van der Waals surface area contributed by atoms with Crippen molar-refractivity contribution >= 4 is 5.97 Å². The van der Waals surface area contributed by atoms with Crippen molar-refractivity contribution in [2.24, 2.45) is 0 Å². The Labute approximate surface area is 114 Å². The normalized spacial score (nSPS) is 12.3. The number of nitrogens with zero attached hydrogens (tertiary/aromatic N) is 1. The minimum absolute atomic E-state index is 0.153. The Hall–Kier alpha value is -2.70. The predicted octanol–water partition coefficient (Wildman–Crippen LogP) is 1.60. The first-order chi connectivity index (χ1) is 9.72. The molecule has 0 spiro atoms. The van der Waals surface area contributed by atoms with Gasteiger partial charge in [0.2, 0.25) is 12.5 Å². The van der Waals surface area contributed by atoms with Gasteiger partial charge in [-0.3, -0.25) is 0 Å². The second-order valence-corrected chi connectivity index (χ2v) is 4.05. The van der Waals surface area contributed by atoms with Crippen LogP contribution in [-0.2, 0) is 4.74 Å². The summed E-state index contributed by atoms with van der Waals surface area (Å²) in [5, 5.41) is 0. The van der Waals surface area contributed by atoms with Crippen LogP contribution >= 0.6 is 0 Å². The fourth-order valence-electron chi connectivity index (χ4n) is 1.95. The third-order valence-electron chi connectivity index (χ3n) is 2.91. The molecule has 3 rings (SSSR count). The van der Waals surface area contributed by atoms with Crippen LogP contribution in [0.5, 0.6) is 17.2 Å². The van der Waals surface area contributed by atoms with Gasteiger partial charge in [0.05, 0.1) is 20.4 Å². The number of fused-ring (bicyclic) bond motifs is 1. The lowest BCUT2D eigenvalue weighted by molar-refractivity contribution is 0.0595. The van der Waals surface area contributed by atoms with E-state index in [1.54, 1.807) is 19.2 Å². The first-order valence-corrected chi connectivity index (χ1v) is 5.84. The van der Waals surface area contributed by atoms with Crippen LogP contribution in [0.4, 0.5) is 0 Å². The number of carbonyl (C=O) groups is 1. The third-order valence-corrected chi connectivity index (χ3v) is 2.91. The van der Waals surface area contributed by atoms with Crippen molar-refractivity contribution < 1.29 is 23.7 Å². The Morgan fingerprint density at radius 3 is 2.95 bits per heavy atom. The van der Waals surface area contributed by atoms with E-state index in [2.05, 4.69) is 14.7 Å². The number of imidazole rings is 1. The highest BCUT2D eigenvalue weighted by atomic mass is 16.7. The molecule has 1 aliphatic rings. The zero-order valence-corrected chi connectivity index (χ0v) is 10.9. The van der Waals surface area contributed by atoms with Gasteiger partial charge in [0, 0.05) is 5.56 Å². The summed E-state index contributed by atoms with van der Waals surface area (Å²) in [4.78, 5) is 18.4. The SMILES string of the molecule is COC(=O)c1cnc(-c2cc(OC)c3c(c2)OCO3)[nH]1. The summed E-state index contributed by atoms with van der Waals surface area (Å²) >= 11 is 0. The number of aromatic amines is 1. The number of rotatable bonds is 3. The summed E-state index contributed by atoms with van der Waals surface area (Å²) in [6.45, 7) is 0.153. The summed E-state index contributed by atoms with van der Waals surface area (Å²) < 4.78 is 20.5. The molecule has 1 N–H and O–H groups in total. The van der Waals surface area contributed by atoms with Gasteiger partial charge in [-0.2, -0.15) is 0 Å². The maximum Gasteiger partial charge on any atom is 0.356 e. The van der Waals surface area contributed by atoms with E-state index in [4.69, 9.17) is 14.2 Å². The van der Waals surface area contributed by atoms with E-state index < -0.39 is 5.97 Å². The Kier molecular flexibility index (Phi) is 2.94. The quantitative estimate of drug-likeness (QED) is 0.857. The van der Waals surface area contributed by atoms with E-state index in [0.717, 1.165) is 5.56 Å². The van der Waals surface area contributed by atoms with Gasteiger partial charge in [0.15, 0.2) is 11.5 Å². The molecule has 104 valence electrons. The number of hydrogen-bond donors (Lipinski definition) is 1. The van der Waals surface area contributed by atoms with E-state index in [-0.39, 0.29) is 12.5 Å². The van der Waals surface area contributed by atoms with Gasteiger partial charge in [0.1, 0.15) is 11.5 Å². The molecule has 0 bridgehead atoms. The van der Waals surface area contributed by atoms with Crippen LogP contribution in [0.2, 0.25) is 0 Å². The van der Waals surface area contributed by atoms with Gasteiger partial charge < -0.3 is 23.9 Å². The second kappa shape index (κ2) is 4.76. The molecule has 7 nitrogen and oxygen atoms in total. The molecular formula is C13H12N2O5. The maximum atomic E-state index is 11.4. The minimum atomic E-state index is -0.476. The fourth-order valence-corrected chi connectivity index (χ4v) is 1.95. The third kappa shape index (κ3) is 1.93. The molecule has 0 amide bonds. The standard InChI is InChI=1S/C13H12N2O5/c1-17-9-3-7(4-10-11(9)20-6-19-10)12-14-5-8(15-12)13(16)18-2/h3-5H,6H2,1-2H3,(H,14,15). The van der Waals surface area contributed by atoms with Gasteiger partial charge in [0.25, 0.3) is 0 Å². The lowest BCUT2D eigenvalue weighted by atomic mass is 10.1. The van der Waals surface area contributed by atoms with Crippen molar-refractivity contribution in [2.75, 3.05) is 21.0 Å². The lowest BCUT2D eigenvalue weighted by Gasteiger charge is -2.06. The maximum absolute atomic E-state index is 11.4. The van der Waals surface area contributed by atoms with E-state index in [1.165, 1.54) is 13.3 Å². The molecule has 0 saturated heterocycles. The summed E-state index contributed by atoms with van der Waals surface area (Å²) in [6, 6.07) is 3.53. The average molecular weight is 276 g/mol. The van der Waals surface area contributed by atoms with E-state index >= 15 is 0 Å². The molecule has 2 heterocycles.